The molecule has 270 valence electrons. The van der Waals surface area contributed by atoms with E-state index in [1.54, 1.807) is 6.92 Å². The number of fused-ring (bicyclic) bond motifs is 2. The van der Waals surface area contributed by atoms with E-state index in [4.69, 9.17) is 40.0 Å². The molecule has 0 spiro atoms. The summed E-state index contributed by atoms with van der Waals surface area (Å²) in [4.78, 5) is 0. The van der Waals surface area contributed by atoms with Gasteiger partial charge in [-0.3, -0.25) is 0 Å². The molecule has 0 unspecified atom stereocenters. The van der Waals surface area contributed by atoms with Crippen molar-refractivity contribution in [3.63, 3.8) is 0 Å². The molecule has 0 amide bonds. The van der Waals surface area contributed by atoms with E-state index >= 15 is 0 Å². The maximum atomic E-state index is 11.6. The van der Waals surface area contributed by atoms with Crippen LogP contribution in [0.4, 0.5) is 0 Å². The predicted octanol–water partition coefficient (Wildman–Crippen LogP) is 8.42. The van der Waals surface area contributed by atoms with Gasteiger partial charge in [-0.2, -0.15) is 0 Å². The number of hydrogen-bond acceptors (Lipinski definition) is 7. The molecule has 2 heterocycles. The minimum Gasteiger partial charge on any atom is -0.494 e. The zero-order chi connectivity index (χ0) is 36.0. The maximum Gasteiger partial charge on any atom is 0.225 e. The van der Waals surface area contributed by atoms with Gasteiger partial charge < -0.3 is 33.5 Å². The average molecular weight is 721 g/mol. The Hall–Kier alpha value is -4.05. The van der Waals surface area contributed by atoms with Crippen LogP contribution in [0.15, 0.2) is 133 Å². The summed E-state index contributed by atoms with van der Waals surface area (Å²) >= 11 is 6.87. The van der Waals surface area contributed by atoms with Gasteiger partial charge in [-0.1, -0.05) is 121 Å². The molecule has 0 saturated carbocycles. The lowest BCUT2D eigenvalue weighted by molar-refractivity contribution is -0.359. The first-order chi connectivity index (χ1) is 25.4. The molecule has 1 N–H and O–H groups in total. The first kappa shape index (κ1) is 36.3. The Morgan fingerprint density at radius 3 is 1.83 bits per heavy atom. The van der Waals surface area contributed by atoms with Crippen molar-refractivity contribution in [2.45, 2.75) is 75.9 Å². The molecule has 0 radical (unpaired) electrons. The molecule has 7 nitrogen and oxygen atoms in total. The zero-order valence-corrected chi connectivity index (χ0v) is 30.3. The van der Waals surface area contributed by atoms with Crippen molar-refractivity contribution >= 4 is 11.6 Å². The van der Waals surface area contributed by atoms with E-state index in [2.05, 4.69) is 0 Å². The number of aliphatic hydroxyl groups is 1. The van der Waals surface area contributed by atoms with E-state index in [1.807, 2.05) is 140 Å². The first-order valence-electron chi connectivity index (χ1n) is 17.9. The van der Waals surface area contributed by atoms with Gasteiger partial charge in [-0.05, 0) is 72.4 Å². The van der Waals surface area contributed by atoms with Gasteiger partial charge in [0, 0.05) is 10.6 Å². The number of aliphatic hydroxyl groups excluding tert-OH is 1. The van der Waals surface area contributed by atoms with Crippen LogP contribution in [0.1, 0.15) is 47.2 Å². The second-order valence-electron chi connectivity index (χ2n) is 13.4. The van der Waals surface area contributed by atoms with Crippen LogP contribution in [-0.2, 0) is 55.7 Å². The SMILES string of the molecule is CCOc1ccc(Cc2cc([C@]34OC[C@]([C@H](C)O)(O3)[C@@H](OCc3ccccc3)[C@H](OCc3ccccc3)[C@H]4OCc3ccccc3)ccc2Cl)cc1. The fourth-order valence-electron chi connectivity index (χ4n) is 7.16. The topological polar surface area (TPSA) is 75.6 Å². The van der Waals surface area contributed by atoms with E-state index < -0.39 is 35.8 Å². The molecular weight excluding hydrogens is 676 g/mol. The van der Waals surface area contributed by atoms with Gasteiger partial charge in [0.2, 0.25) is 5.79 Å². The summed E-state index contributed by atoms with van der Waals surface area (Å²) in [5.41, 5.74) is 4.37. The zero-order valence-electron chi connectivity index (χ0n) is 29.5. The molecule has 6 atom stereocenters. The summed E-state index contributed by atoms with van der Waals surface area (Å²) in [5.74, 6) is -0.642. The Morgan fingerprint density at radius 2 is 1.27 bits per heavy atom. The van der Waals surface area contributed by atoms with Gasteiger partial charge in [-0.15, -0.1) is 0 Å². The Kier molecular flexibility index (Phi) is 11.4. The summed E-state index contributed by atoms with van der Waals surface area (Å²) < 4.78 is 40.2. The fraction of sp³-hybridized carbons (Fsp3) is 0.318. The molecule has 2 aliphatic rings. The molecule has 2 fully saturated rings. The molecule has 7 rings (SSSR count). The lowest BCUT2D eigenvalue weighted by Crippen LogP contribution is -2.69. The lowest BCUT2D eigenvalue weighted by Gasteiger charge is -2.52. The minimum atomic E-state index is -1.46. The van der Waals surface area contributed by atoms with Crippen LogP contribution in [0.2, 0.25) is 5.02 Å². The molecule has 0 aromatic heterocycles. The van der Waals surface area contributed by atoms with Crippen LogP contribution >= 0.6 is 11.6 Å². The molecule has 52 heavy (non-hydrogen) atoms. The van der Waals surface area contributed by atoms with Crippen molar-refractivity contribution in [2.24, 2.45) is 0 Å². The van der Waals surface area contributed by atoms with Gasteiger partial charge in [-0.25, -0.2) is 0 Å². The number of hydrogen-bond donors (Lipinski definition) is 1. The van der Waals surface area contributed by atoms with Crippen LogP contribution in [0.5, 0.6) is 5.75 Å². The summed E-state index contributed by atoms with van der Waals surface area (Å²) in [6.45, 7) is 5.18. The highest BCUT2D eigenvalue weighted by molar-refractivity contribution is 6.31. The number of rotatable bonds is 15. The van der Waals surface area contributed by atoms with E-state index in [1.165, 1.54) is 0 Å². The largest absolute Gasteiger partial charge is 0.494 e. The van der Waals surface area contributed by atoms with Gasteiger partial charge in [0.1, 0.15) is 29.7 Å². The Morgan fingerprint density at radius 1 is 0.712 bits per heavy atom. The quantitative estimate of drug-likeness (QED) is 0.116. The van der Waals surface area contributed by atoms with E-state index in [-0.39, 0.29) is 26.4 Å². The van der Waals surface area contributed by atoms with Gasteiger partial charge in [0.05, 0.1) is 39.1 Å². The smallest absolute Gasteiger partial charge is 0.225 e. The Balaban J connectivity index is 1.30. The molecule has 8 heteroatoms. The Bertz CT molecular complexity index is 1870. The summed E-state index contributed by atoms with van der Waals surface area (Å²) in [7, 11) is 0. The number of benzene rings is 5. The number of ether oxygens (including phenoxy) is 6. The summed E-state index contributed by atoms with van der Waals surface area (Å²) in [6, 6.07) is 43.8. The molecular formula is C44H45ClO7. The molecule has 5 aromatic carbocycles. The van der Waals surface area contributed by atoms with Crippen molar-refractivity contribution in [3.8, 4) is 5.75 Å². The molecule has 2 saturated heterocycles. The maximum absolute atomic E-state index is 11.6. The highest BCUT2D eigenvalue weighted by atomic mass is 35.5. The molecule has 0 aliphatic carbocycles. The monoisotopic (exact) mass is 720 g/mol. The third-order valence-electron chi connectivity index (χ3n) is 9.92. The van der Waals surface area contributed by atoms with Crippen LogP contribution in [0.3, 0.4) is 0 Å². The van der Waals surface area contributed by atoms with E-state index in [9.17, 15) is 5.11 Å². The molecule has 2 bridgehead atoms. The first-order valence-corrected chi connectivity index (χ1v) is 18.3. The van der Waals surface area contributed by atoms with Crippen LogP contribution in [0.25, 0.3) is 0 Å². The van der Waals surface area contributed by atoms with E-state index in [0.717, 1.165) is 33.6 Å². The Labute approximate surface area is 311 Å². The summed E-state index contributed by atoms with van der Waals surface area (Å²) in [6.07, 6.45) is -2.70. The normalized spacial score (nSPS) is 24.4. The highest BCUT2D eigenvalue weighted by Gasteiger charge is 2.71. The average Bonchev–Trinajstić information content (AvgIpc) is 3.55. The molecule has 2 aliphatic heterocycles. The number of halogens is 1. The van der Waals surface area contributed by atoms with Crippen LogP contribution in [-0.4, -0.2) is 48.3 Å². The third-order valence-corrected chi connectivity index (χ3v) is 10.3. The summed E-state index contributed by atoms with van der Waals surface area (Å²) in [5, 5.41) is 12.2. The highest BCUT2D eigenvalue weighted by Crippen LogP contribution is 2.54. The van der Waals surface area contributed by atoms with Gasteiger partial charge in [0.25, 0.3) is 0 Å². The van der Waals surface area contributed by atoms with Crippen molar-refractivity contribution in [2.75, 3.05) is 13.2 Å². The van der Waals surface area contributed by atoms with E-state index in [0.29, 0.717) is 23.6 Å². The van der Waals surface area contributed by atoms with Crippen molar-refractivity contribution < 1.29 is 33.5 Å². The minimum absolute atomic E-state index is 0.0529. The van der Waals surface area contributed by atoms with Gasteiger partial charge >= 0.3 is 0 Å². The second kappa shape index (κ2) is 16.3. The van der Waals surface area contributed by atoms with Crippen molar-refractivity contribution in [1.82, 2.24) is 0 Å². The van der Waals surface area contributed by atoms with Crippen molar-refractivity contribution in [3.05, 3.63) is 172 Å². The van der Waals surface area contributed by atoms with Crippen LogP contribution < -0.4 is 4.74 Å². The van der Waals surface area contributed by atoms with Crippen LogP contribution in [0, 0.1) is 0 Å². The second-order valence-corrected chi connectivity index (χ2v) is 13.9. The molecule has 5 aromatic rings. The standard InChI is InChI=1S/C44H45ClO7/c1-3-47-38-22-19-32(20-23-38)25-36-26-37(21-24-39(36)45)44-42(50-29-35-17-11-6-12-18-35)40(48-27-33-13-7-4-8-14-33)41(43(52-44,30-51-44)31(2)46)49-28-34-15-9-5-10-16-34/h4-24,26,31,40-42,46H,3,25,27-30H2,1-2H3/t31-,40-,41-,42+,43+,44-/m0/s1. The lowest BCUT2D eigenvalue weighted by atomic mass is 9.80. The fourth-order valence-corrected chi connectivity index (χ4v) is 7.35. The third kappa shape index (κ3) is 7.68. The van der Waals surface area contributed by atoms with Crippen molar-refractivity contribution in [1.29, 1.82) is 0 Å². The van der Waals surface area contributed by atoms with Gasteiger partial charge in [0.15, 0.2) is 0 Å². The predicted molar refractivity (Wildman–Crippen MR) is 200 cm³/mol.